The highest BCUT2D eigenvalue weighted by molar-refractivity contribution is 7.90. The molecule has 0 unspecified atom stereocenters. The van der Waals surface area contributed by atoms with E-state index in [1.165, 1.54) is 6.07 Å². The third-order valence-electron chi connectivity index (χ3n) is 4.10. The summed E-state index contributed by atoms with van der Waals surface area (Å²) in [5, 5.41) is 15.6. The van der Waals surface area contributed by atoms with Crippen LogP contribution in [0.15, 0.2) is 53.6 Å². The smallest absolute Gasteiger partial charge is 0.206 e. The number of sulfone groups is 1. The van der Waals surface area contributed by atoms with Crippen LogP contribution in [0.3, 0.4) is 0 Å². The van der Waals surface area contributed by atoms with Crippen LogP contribution >= 0.6 is 0 Å². The molecule has 4 rings (SSSR count). The summed E-state index contributed by atoms with van der Waals surface area (Å²) in [6.45, 7) is 0. The van der Waals surface area contributed by atoms with Crippen molar-refractivity contribution in [2.75, 3.05) is 12.0 Å². The van der Waals surface area contributed by atoms with E-state index in [9.17, 15) is 8.42 Å². The predicted molar refractivity (Wildman–Crippen MR) is 97.9 cm³/mol. The largest absolute Gasteiger partial charge is 0.383 e. The van der Waals surface area contributed by atoms with Gasteiger partial charge in [0.25, 0.3) is 0 Å². The number of nitrogens with one attached hydrogen (secondary N) is 1. The van der Waals surface area contributed by atoms with Crippen LogP contribution in [0.4, 0.5) is 5.82 Å². The summed E-state index contributed by atoms with van der Waals surface area (Å²) in [6, 6.07) is 12.6. The summed E-state index contributed by atoms with van der Waals surface area (Å²) >= 11 is 0. The van der Waals surface area contributed by atoms with E-state index in [0.717, 1.165) is 22.6 Å². The van der Waals surface area contributed by atoms with E-state index < -0.39 is 9.84 Å². The molecule has 0 saturated carbocycles. The molecule has 4 aromatic rings. The summed E-state index contributed by atoms with van der Waals surface area (Å²) in [6.07, 6.45) is 2.80. The SMILES string of the molecule is CS(=O)(=O)c1cccc(-c2ccc3ccnc(N)c3c2)c1-c1nn[nH]n1. The Morgan fingerprint density at radius 3 is 2.69 bits per heavy atom. The number of fused-ring (bicyclic) bond motifs is 1. The number of nitrogens with zero attached hydrogens (tertiary/aromatic N) is 4. The number of benzene rings is 2. The Labute approximate surface area is 149 Å². The van der Waals surface area contributed by atoms with Gasteiger partial charge in [-0.15, -0.1) is 10.2 Å². The molecular weight excluding hydrogens is 352 g/mol. The second kappa shape index (κ2) is 5.88. The van der Waals surface area contributed by atoms with Crippen LogP contribution in [0, 0.1) is 0 Å². The van der Waals surface area contributed by atoms with E-state index in [1.807, 2.05) is 30.3 Å². The van der Waals surface area contributed by atoms with Crippen molar-refractivity contribution in [2.24, 2.45) is 0 Å². The van der Waals surface area contributed by atoms with Crippen LogP contribution in [0.5, 0.6) is 0 Å². The quantitative estimate of drug-likeness (QED) is 0.568. The van der Waals surface area contributed by atoms with E-state index in [1.54, 1.807) is 12.3 Å². The first-order valence-electron chi connectivity index (χ1n) is 7.66. The van der Waals surface area contributed by atoms with Crippen molar-refractivity contribution in [3.05, 3.63) is 48.7 Å². The molecule has 0 aliphatic carbocycles. The second-order valence-corrected chi connectivity index (χ2v) is 7.80. The van der Waals surface area contributed by atoms with E-state index >= 15 is 0 Å². The van der Waals surface area contributed by atoms with Gasteiger partial charge in [0.1, 0.15) is 5.82 Å². The average molecular weight is 366 g/mol. The molecule has 130 valence electrons. The van der Waals surface area contributed by atoms with Crippen LogP contribution in [-0.2, 0) is 9.84 Å². The molecule has 8 nitrogen and oxygen atoms in total. The van der Waals surface area contributed by atoms with Crippen molar-refractivity contribution in [1.29, 1.82) is 0 Å². The molecular formula is C17H14N6O2S. The summed E-state index contributed by atoms with van der Waals surface area (Å²) in [7, 11) is -3.50. The first-order valence-corrected chi connectivity index (χ1v) is 9.56. The van der Waals surface area contributed by atoms with Gasteiger partial charge in [-0.25, -0.2) is 13.4 Å². The minimum absolute atomic E-state index is 0.135. The highest BCUT2D eigenvalue weighted by atomic mass is 32.2. The lowest BCUT2D eigenvalue weighted by atomic mass is 9.97. The minimum Gasteiger partial charge on any atom is -0.383 e. The van der Waals surface area contributed by atoms with Crippen LogP contribution < -0.4 is 5.73 Å². The number of H-pyrrole nitrogens is 1. The molecule has 26 heavy (non-hydrogen) atoms. The molecule has 0 atom stereocenters. The molecule has 0 aliphatic heterocycles. The third-order valence-corrected chi connectivity index (χ3v) is 5.24. The van der Waals surface area contributed by atoms with E-state index in [-0.39, 0.29) is 10.7 Å². The summed E-state index contributed by atoms with van der Waals surface area (Å²) in [5.74, 6) is 0.616. The Morgan fingerprint density at radius 1 is 1.12 bits per heavy atom. The number of hydrogen-bond donors (Lipinski definition) is 2. The van der Waals surface area contributed by atoms with Crippen molar-refractivity contribution >= 4 is 26.4 Å². The highest BCUT2D eigenvalue weighted by Crippen LogP contribution is 2.36. The van der Waals surface area contributed by atoms with Gasteiger partial charge < -0.3 is 5.73 Å². The molecule has 3 N–H and O–H groups in total. The van der Waals surface area contributed by atoms with Gasteiger partial charge in [0.2, 0.25) is 5.82 Å². The van der Waals surface area contributed by atoms with Crippen molar-refractivity contribution in [3.63, 3.8) is 0 Å². The summed E-state index contributed by atoms with van der Waals surface area (Å²) in [4.78, 5) is 4.25. The zero-order chi connectivity index (χ0) is 18.3. The highest BCUT2D eigenvalue weighted by Gasteiger charge is 2.22. The number of rotatable bonds is 3. The lowest BCUT2D eigenvalue weighted by Gasteiger charge is -2.12. The Balaban J connectivity index is 2.05. The van der Waals surface area contributed by atoms with E-state index in [2.05, 4.69) is 25.6 Å². The zero-order valence-electron chi connectivity index (χ0n) is 13.7. The fourth-order valence-electron chi connectivity index (χ4n) is 2.94. The van der Waals surface area contributed by atoms with E-state index in [4.69, 9.17) is 5.73 Å². The molecule has 0 bridgehead atoms. The van der Waals surface area contributed by atoms with Crippen molar-refractivity contribution in [3.8, 4) is 22.5 Å². The number of tetrazole rings is 1. The molecule has 2 aromatic carbocycles. The molecule has 2 heterocycles. The van der Waals surface area contributed by atoms with Gasteiger partial charge in [-0.05, 0) is 39.9 Å². The zero-order valence-corrected chi connectivity index (χ0v) is 14.5. The standard InChI is InChI=1S/C17H14N6O2S/c1-26(24,25)14-4-2-3-12(15(14)17-20-22-23-21-17)11-6-5-10-7-8-19-16(18)13(10)9-11/h2-9H,1H3,(H2,18,19)(H,20,21,22,23). The van der Waals surface area contributed by atoms with Crippen LogP contribution in [0.2, 0.25) is 0 Å². The minimum atomic E-state index is -3.50. The number of pyridine rings is 1. The number of aromatic nitrogens is 5. The summed E-state index contributed by atoms with van der Waals surface area (Å²) < 4.78 is 24.6. The van der Waals surface area contributed by atoms with Gasteiger partial charge >= 0.3 is 0 Å². The van der Waals surface area contributed by atoms with Gasteiger partial charge in [-0.3, -0.25) is 0 Å². The maximum absolute atomic E-state index is 12.3. The Hall–Kier alpha value is -3.33. The Bertz CT molecular complexity index is 1220. The number of nitrogens with two attached hydrogens (primary N) is 1. The van der Waals surface area contributed by atoms with Crippen molar-refractivity contribution < 1.29 is 8.42 Å². The predicted octanol–water partition coefficient (Wildman–Crippen LogP) is 2.07. The van der Waals surface area contributed by atoms with Gasteiger partial charge in [-0.2, -0.15) is 5.21 Å². The van der Waals surface area contributed by atoms with Gasteiger partial charge in [-0.1, -0.05) is 24.3 Å². The Kier molecular flexibility index (Phi) is 3.66. The molecule has 0 fully saturated rings. The maximum Gasteiger partial charge on any atom is 0.206 e. The average Bonchev–Trinajstić information content (AvgIpc) is 3.15. The van der Waals surface area contributed by atoms with Gasteiger partial charge in [0, 0.05) is 23.4 Å². The maximum atomic E-state index is 12.3. The monoisotopic (exact) mass is 366 g/mol. The van der Waals surface area contributed by atoms with Gasteiger partial charge in [0.15, 0.2) is 9.84 Å². The van der Waals surface area contributed by atoms with E-state index in [0.29, 0.717) is 16.9 Å². The van der Waals surface area contributed by atoms with Crippen LogP contribution in [-0.4, -0.2) is 40.3 Å². The molecule has 2 aromatic heterocycles. The fourth-order valence-corrected chi connectivity index (χ4v) is 3.84. The molecule has 0 aliphatic rings. The van der Waals surface area contributed by atoms with Crippen LogP contribution in [0.1, 0.15) is 0 Å². The molecule has 0 saturated heterocycles. The second-order valence-electron chi connectivity index (χ2n) is 5.82. The lowest BCUT2D eigenvalue weighted by molar-refractivity contribution is 0.602. The van der Waals surface area contributed by atoms with Crippen molar-refractivity contribution in [1.82, 2.24) is 25.6 Å². The first kappa shape index (κ1) is 16.2. The molecule has 0 spiro atoms. The third kappa shape index (κ3) is 2.68. The molecule has 0 amide bonds. The number of aromatic amines is 1. The van der Waals surface area contributed by atoms with Gasteiger partial charge in [0.05, 0.1) is 4.90 Å². The number of nitrogen functional groups attached to an aromatic ring is 1. The molecule has 0 radical (unpaired) electrons. The number of hydrogen-bond acceptors (Lipinski definition) is 7. The topological polar surface area (TPSA) is 128 Å². The fraction of sp³-hybridized carbons (Fsp3) is 0.0588. The van der Waals surface area contributed by atoms with Crippen LogP contribution in [0.25, 0.3) is 33.3 Å². The van der Waals surface area contributed by atoms with Crippen molar-refractivity contribution in [2.45, 2.75) is 4.90 Å². The summed E-state index contributed by atoms with van der Waals surface area (Å²) in [5.41, 5.74) is 7.83. The Morgan fingerprint density at radius 2 is 1.96 bits per heavy atom. The number of anilines is 1. The first-order chi connectivity index (χ1) is 12.4. The lowest BCUT2D eigenvalue weighted by Crippen LogP contribution is -2.02. The normalized spacial score (nSPS) is 11.7. The molecule has 9 heteroatoms.